The monoisotopic (exact) mass is 248 g/mol. The Labute approximate surface area is 110 Å². The normalized spacial score (nSPS) is 28.4. The zero-order valence-electron chi connectivity index (χ0n) is 11.1. The first kappa shape index (κ1) is 12.2. The number of nitrogens with zero attached hydrogens (tertiary/aromatic N) is 1. The molecule has 2 fully saturated rings. The van der Waals surface area contributed by atoms with Gasteiger partial charge in [0.2, 0.25) is 0 Å². The van der Waals surface area contributed by atoms with Crippen LogP contribution in [0, 0.1) is 11.8 Å². The second-order valence-electron chi connectivity index (χ2n) is 5.91. The highest BCUT2D eigenvalue weighted by atomic mass is 16.3. The first-order valence-corrected chi connectivity index (χ1v) is 7.35. The number of piperidine rings is 1. The molecule has 0 aromatic carbocycles. The lowest BCUT2D eigenvalue weighted by atomic mass is 9.78. The van der Waals surface area contributed by atoms with E-state index in [-0.39, 0.29) is 0 Å². The van der Waals surface area contributed by atoms with Crippen LogP contribution in [0.15, 0.2) is 22.8 Å². The highest BCUT2D eigenvalue weighted by Crippen LogP contribution is 2.33. The molecule has 3 heteroatoms. The molecule has 1 aromatic heterocycles. The van der Waals surface area contributed by atoms with Crippen LogP contribution in [0.2, 0.25) is 0 Å². The molecule has 2 bridgehead atoms. The molecular formula is C15H24N2O. The summed E-state index contributed by atoms with van der Waals surface area (Å²) in [6.45, 7) is 5.78. The number of nitrogens with one attached hydrogen (secondary N) is 1. The van der Waals surface area contributed by atoms with Crippen LogP contribution in [-0.4, -0.2) is 31.1 Å². The Balaban J connectivity index is 1.36. The predicted octanol–water partition coefficient (Wildman–Crippen LogP) is 2.49. The van der Waals surface area contributed by atoms with Crippen LogP contribution < -0.4 is 5.32 Å². The predicted molar refractivity (Wildman–Crippen MR) is 72.3 cm³/mol. The summed E-state index contributed by atoms with van der Waals surface area (Å²) in [7, 11) is 0. The van der Waals surface area contributed by atoms with E-state index in [0.29, 0.717) is 0 Å². The van der Waals surface area contributed by atoms with Gasteiger partial charge in [0.25, 0.3) is 0 Å². The van der Waals surface area contributed by atoms with Crippen molar-refractivity contribution in [3.8, 4) is 0 Å². The Kier molecular flexibility index (Phi) is 4.01. The van der Waals surface area contributed by atoms with E-state index in [1.165, 1.54) is 45.3 Å². The van der Waals surface area contributed by atoms with Crippen LogP contribution in [0.1, 0.15) is 31.4 Å². The van der Waals surface area contributed by atoms with Crippen molar-refractivity contribution < 1.29 is 4.42 Å². The molecule has 18 heavy (non-hydrogen) atoms. The summed E-state index contributed by atoms with van der Waals surface area (Å²) in [5.74, 6) is 3.01. The summed E-state index contributed by atoms with van der Waals surface area (Å²) in [5, 5.41) is 3.47. The summed E-state index contributed by atoms with van der Waals surface area (Å²) in [6.07, 6.45) is 7.64. The smallest absolute Gasteiger partial charge is 0.117 e. The van der Waals surface area contributed by atoms with Crippen molar-refractivity contribution in [2.45, 2.75) is 32.2 Å². The number of fused-ring (bicyclic) bond motifs is 2. The third-order valence-electron chi connectivity index (χ3n) is 4.41. The average Bonchev–Trinajstić information content (AvgIpc) is 2.87. The van der Waals surface area contributed by atoms with E-state index in [2.05, 4.69) is 10.2 Å². The fraction of sp³-hybridized carbons (Fsp3) is 0.733. The molecule has 1 aromatic rings. The van der Waals surface area contributed by atoms with E-state index >= 15 is 0 Å². The lowest BCUT2D eigenvalue weighted by Gasteiger charge is -2.41. The maximum absolute atomic E-state index is 5.31. The molecule has 1 N–H and O–H groups in total. The van der Waals surface area contributed by atoms with Gasteiger partial charge >= 0.3 is 0 Å². The van der Waals surface area contributed by atoms with Gasteiger partial charge < -0.3 is 14.6 Å². The molecule has 2 atom stereocenters. The molecule has 1 saturated heterocycles. The van der Waals surface area contributed by atoms with Gasteiger partial charge in [-0.25, -0.2) is 0 Å². The third-order valence-corrected chi connectivity index (χ3v) is 4.41. The number of furan rings is 1. The number of hydrogen-bond donors (Lipinski definition) is 1. The SMILES string of the molecule is c1coc(CNCCN2CC3CCCC(C3)C2)c1. The molecule has 100 valence electrons. The lowest BCUT2D eigenvalue weighted by Crippen LogP contribution is -2.45. The van der Waals surface area contributed by atoms with Crippen molar-refractivity contribution in [3.63, 3.8) is 0 Å². The molecule has 1 saturated carbocycles. The molecule has 3 nitrogen and oxygen atoms in total. The minimum Gasteiger partial charge on any atom is -0.468 e. The van der Waals surface area contributed by atoms with Gasteiger partial charge in [0, 0.05) is 26.2 Å². The minimum absolute atomic E-state index is 0.855. The van der Waals surface area contributed by atoms with E-state index < -0.39 is 0 Å². The van der Waals surface area contributed by atoms with E-state index in [9.17, 15) is 0 Å². The van der Waals surface area contributed by atoms with Crippen molar-refractivity contribution in [1.29, 1.82) is 0 Å². The first-order chi connectivity index (χ1) is 8.90. The van der Waals surface area contributed by atoms with Crippen molar-refractivity contribution in [1.82, 2.24) is 10.2 Å². The van der Waals surface area contributed by atoms with E-state index in [1.807, 2.05) is 12.1 Å². The van der Waals surface area contributed by atoms with E-state index in [1.54, 1.807) is 6.26 Å². The van der Waals surface area contributed by atoms with Crippen LogP contribution in [0.3, 0.4) is 0 Å². The molecule has 0 spiro atoms. The average molecular weight is 248 g/mol. The van der Waals surface area contributed by atoms with Crippen LogP contribution in [0.4, 0.5) is 0 Å². The van der Waals surface area contributed by atoms with Gasteiger partial charge in [0.05, 0.1) is 12.8 Å². The van der Waals surface area contributed by atoms with Crippen molar-refractivity contribution in [3.05, 3.63) is 24.2 Å². The third kappa shape index (κ3) is 3.15. The summed E-state index contributed by atoms with van der Waals surface area (Å²) >= 11 is 0. The zero-order chi connectivity index (χ0) is 12.2. The molecule has 0 radical (unpaired) electrons. The summed E-state index contributed by atoms with van der Waals surface area (Å²) < 4.78 is 5.31. The Morgan fingerprint density at radius 2 is 2.11 bits per heavy atom. The standard InChI is InChI=1S/C15H24N2O/c1-3-13-9-14(4-1)12-17(11-13)7-6-16-10-15-5-2-8-18-15/h2,5,8,13-14,16H,1,3-4,6-7,9-12H2. The van der Waals surface area contributed by atoms with Crippen LogP contribution in [-0.2, 0) is 6.54 Å². The maximum atomic E-state index is 5.31. The molecule has 0 amide bonds. The van der Waals surface area contributed by atoms with Crippen molar-refractivity contribution in [2.24, 2.45) is 11.8 Å². The molecule has 2 aliphatic rings. The second kappa shape index (κ2) is 5.89. The van der Waals surface area contributed by atoms with Crippen LogP contribution >= 0.6 is 0 Å². The van der Waals surface area contributed by atoms with Gasteiger partial charge in [-0.15, -0.1) is 0 Å². The van der Waals surface area contributed by atoms with Gasteiger partial charge in [-0.1, -0.05) is 6.42 Å². The molecule has 3 rings (SSSR count). The number of rotatable bonds is 5. The molecule has 1 aliphatic carbocycles. The van der Waals surface area contributed by atoms with Gasteiger partial charge in [-0.3, -0.25) is 0 Å². The number of likely N-dealkylation sites (tertiary alicyclic amines) is 1. The Morgan fingerprint density at radius 3 is 2.83 bits per heavy atom. The molecule has 1 aliphatic heterocycles. The summed E-state index contributed by atoms with van der Waals surface area (Å²) in [4.78, 5) is 2.66. The Hall–Kier alpha value is -0.800. The van der Waals surface area contributed by atoms with Crippen LogP contribution in [0.5, 0.6) is 0 Å². The highest BCUT2D eigenvalue weighted by Gasteiger charge is 2.29. The van der Waals surface area contributed by atoms with Gasteiger partial charge in [-0.2, -0.15) is 0 Å². The van der Waals surface area contributed by atoms with Crippen molar-refractivity contribution >= 4 is 0 Å². The molecular weight excluding hydrogens is 224 g/mol. The largest absolute Gasteiger partial charge is 0.468 e. The quantitative estimate of drug-likeness (QED) is 0.812. The second-order valence-corrected chi connectivity index (χ2v) is 5.91. The maximum Gasteiger partial charge on any atom is 0.117 e. The fourth-order valence-electron chi connectivity index (χ4n) is 3.58. The Morgan fingerprint density at radius 1 is 1.28 bits per heavy atom. The lowest BCUT2D eigenvalue weighted by molar-refractivity contribution is 0.0868. The zero-order valence-corrected chi connectivity index (χ0v) is 11.1. The van der Waals surface area contributed by atoms with Gasteiger partial charge in [-0.05, 0) is 43.2 Å². The summed E-state index contributed by atoms with van der Waals surface area (Å²) in [6, 6.07) is 3.97. The summed E-state index contributed by atoms with van der Waals surface area (Å²) in [5.41, 5.74) is 0. The Bertz CT molecular complexity index is 337. The van der Waals surface area contributed by atoms with Gasteiger partial charge in [0.1, 0.15) is 5.76 Å². The molecule has 2 heterocycles. The number of hydrogen-bond acceptors (Lipinski definition) is 3. The van der Waals surface area contributed by atoms with Gasteiger partial charge in [0.15, 0.2) is 0 Å². The van der Waals surface area contributed by atoms with Crippen LogP contribution in [0.25, 0.3) is 0 Å². The van der Waals surface area contributed by atoms with Crippen molar-refractivity contribution in [2.75, 3.05) is 26.2 Å². The highest BCUT2D eigenvalue weighted by molar-refractivity contribution is 4.97. The van der Waals surface area contributed by atoms with E-state index in [0.717, 1.165) is 30.7 Å². The topological polar surface area (TPSA) is 28.4 Å². The first-order valence-electron chi connectivity index (χ1n) is 7.35. The van der Waals surface area contributed by atoms with E-state index in [4.69, 9.17) is 4.42 Å². The molecule has 2 unspecified atom stereocenters. The fourth-order valence-corrected chi connectivity index (χ4v) is 3.58. The minimum atomic E-state index is 0.855.